The standard InChI is InChI=1S/C26H29N5O4/c32-22(28-18-12-14-30(15-13-18)26(35)29-17-6-2-1-3-7-17)16-27-24(33)23-20-8-4-5-9-21(20)25(34)31(23)19-10-11-19/h1-9,18-19,23H,10-16H2,(H,27,33)(H,28,32)(H,29,35)/t23-/m0/s1. The van der Waals surface area contributed by atoms with Crippen LogP contribution >= 0.6 is 0 Å². The molecule has 0 unspecified atom stereocenters. The van der Waals surface area contributed by atoms with Gasteiger partial charge in [-0.1, -0.05) is 36.4 Å². The van der Waals surface area contributed by atoms with Gasteiger partial charge in [-0.2, -0.15) is 0 Å². The van der Waals surface area contributed by atoms with Crippen LogP contribution in [0.1, 0.15) is 47.6 Å². The Labute approximate surface area is 203 Å². The number of anilines is 1. The highest BCUT2D eigenvalue weighted by Gasteiger charge is 2.47. The number of fused-ring (bicyclic) bond motifs is 1. The summed E-state index contributed by atoms with van der Waals surface area (Å²) in [5.74, 6) is -0.727. The molecule has 2 aromatic rings. The fourth-order valence-corrected chi connectivity index (χ4v) is 4.83. The summed E-state index contributed by atoms with van der Waals surface area (Å²) in [6.45, 7) is 0.916. The lowest BCUT2D eigenvalue weighted by Gasteiger charge is -2.32. The Morgan fingerprint density at radius 2 is 1.57 bits per heavy atom. The molecule has 0 radical (unpaired) electrons. The monoisotopic (exact) mass is 475 g/mol. The van der Waals surface area contributed by atoms with E-state index < -0.39 is 6.04 Å². The third-order valence-corrected chi connectivity index (χ3v) is 6.78. The lowest BCUT2D eigenvalue weighted by Crippen LogP contribution is -2.50. The van der Waals surface area contributed by atoms with Crippen molar-refractivity contribution in [3.8, 4) is 0 Å². The van der Waals surface area contributed by atoms with Crippen molar-refractivity contribution in [3.05, 3.63) is 65.7 Å². The third kappa shape index (κ3) is 4.99. The number of likely N-dealkylation sites (tertiary alicyclic amines) is 1. The molecule has 9 nitrogen and oxygen atoms in total. The molecular weight excluding hydrogens is 446 g/mol. The second-order valence-corrected chi connectivity index (χ2v) is 9.28. The van der Waals surface area contributed by atoms with E-state index in [4.69, 9.17) is 0 Å². The van der Waals surface area contributed by atoms with Crippen LogP contribution < -0.4 is 16.0 Å². The van der Waals surface area contributed by atoms with E-state index in [1.165, 1.54) is 0 Å². The van der Waals surface area contributed by atoms with Gasteiger partial charge in [0.05, 0.1) is 6.54 Å². The van der Waals surface area contributed by atoms with Crippen LogP contribution in [0.5, 0.6) is 0 Å². The van der Waals surface area contributed by atoms with Crippen LogP contribution in [0.2, 0.25) is 0 Å². The summed E-state index contributed by atoms with van der Waals surface area (Å²) in [6, 6.07) is 15.7. The van der Waals surface area contributed by atoms with Crippen molar-refractivity contribution in [1.29, 1.82) is 0 Å². The number of amides is 5. The Morgan fingerprint density at radius 3 is 2.29 bits per heavy atom. The van der Waals surface area contributed by atoms with Gasteiger partial charge in [-0.3, -0.25) is 14.4 Å². The van der Waals surface area contributed by atoms with Crippen LogP contribution in [0.15, 0.2) is 54.6 Å². The fraction of sp³-hybridized carbons (Fsp3) is 0.385. The summed E-state index contributed by atoms with van der Waals surface area (Å²) in [7, 11) is 0. The first-order valence-electron chi connectivity index (χ1n) is 12.1. The lowest BCUT2D eigenvalue weighted by molar-refractivity contribution is -0.129. The SMILES string of the molecule is O=C(CNC(=O)[C@@H]1c2ccccc2C(=O)N1C1CC1)NC1CCN(C(=O)Nc2ccccc2)CC1. The van der Waals surface area contributed by atoms with Crippen LogP contribution in [0.3, 0.4) is 0 Å². The highest BCUT2D eigenvalue weighted by atomic mass is 16.2. The first kappa shape index (κ1) is 22.9. The van der Waals surface area contributed by atoms with Crippen molar-refractivity contribution < 1.29 is 19.2 Å². The Balaban J connectivity index is 1.09. The number of urea groups is 1. The zero-order valence-electron chi connectivity index (χ0n) is 19.4. The molecule has 2 aliphatic heterocycles. The van der Waals surface area contributed by atoms with Crippen LogP contribution in [-0.2, 0) is 9.59 Å². The first-order chi connectivity index (χ1) is 17.0. The molecule has 35 heavy (non-hydrogen) atoms. The average Bonchev–Trinajstić information content (AvgIpc) is 3.67. The van der Waals surface area contributed by atoms with E-state index in [2.05, 4.69) is 16.0 Å². The highest BCUT2D eigenvalue weighted by Crippen LogP contribution is 2.41. The highest BCUT2D eigenvalue weighted by molar-refractivity contribution is 6.05. The molecule has 3 aliphatic rings. The van der Waals surface area contributed by atoms with Gasteiger partial charge < -0.3 is 25.8 Å². The van der Waals surface area contributed by atoms with Crippen LogP contribution in [-0.4, -0.2) is 65.3 Å². The molecule has 5 rings (SSSR count). The van der Waals surface area contributed by atoms with Crippen LogP contribution in [0.4, 0.5) is 10.5 Å². The Morgan fingerprint density at radius 1 is 0.886 bits per heavy atom. The van der Waals surface area contributed by atoms with Gasteiger partial charge in [0.15, 0.2) is 0 Å². The molecular formula is C26H29N5O4. The molecule has 0 bridgehead atoms. The second kappa shape index (κ2) is 9.77. The van der Waals surface area contributed by atoms with Gasteiger partial charge in [0, 0.05) is 36.4 Å². The van der Waals surface area contributed by atoms with Crippen LogP contribution in [0.25, 0.3) is 0 Å². The smallest absolute Gasteiger partial charge is 0.321 e. The van der Waals surface area contributed by atoms with Crippen molar-refractivity contribution in [2.75, 3.05) is 25.0 Å². The number of hydrogen-bond donors (Lipinski definition) is 3. The molecule has 1 saturated heterocycles. The number of nitrogens with one attached hydrogen (secondary N) is 3. The molecule has 2 heterocycles. The molecule has 1 saturated carbocycles. The number of benzene rings is 2. The predicted molar refractivity (Wildman–Crippen MR) is 130 cm³/mol. The van der Waals surface area contributed by atoms with Gasteiger partial charge in [-0.15, -0.1) is 0 Å². The summed E-state index contributed by atoms with van der Waals surface area (Å²) >= 11 is 0. The van der Waals surface area contributed by atoms with E-state index in [1.807, 2.05) is 42.5 Å². The maximum Gasteiger partial charge on any atom is 0.321 e. The summed E-state index contributed by atoms with van der Waals surface area (Å²) in [5, 5.41) is 8.56. The average molecular weight is 476 g/mol. The van der Waals surface area contributed by atoms with Gasteiger partial charge in [0.1, 0.15) is 6.04 Å². The van der Waals surface area contributed by atoms with Gasteiger partial charge in [0.2, 0.25) is 11.8 Å². The number of hydrogen-bond acceptors (Lipinski definition) is 4. The van der Waals surface area contributed by atoms with Gasteiger partial charge in [0.25, 0.3) is 5.91 Å². The Hall–Kier alpha value is -3.88. The maximum absolute atomic E-state index is 13.0. The zero-order valence-corrected chi connectivity index (χ0v) is 19.4. The van der Waals surface area contributed by atoms with Crippen molar-refractivity contribution in [3.63, 3.8) is 0 Å². The van der Waals surface area contributed by atoms with Gasteiger partial charge in [-0.25, -0.2) is 4.79 Å². The van der Waals surface area contributed by atoms with E-state index in [1.54, 1.807) is 21.9 Å². The molecule has 9 heteroatoms. The van der Waals surface area contributed by atoms with E-state index in [0.29, 0.717) is 37.1 Å². The van der Waals surface area contributed by atoms with E-state index in [-0.39, 0.29) is 42.4 Å². The number of para-hydroxylation sites is 1. The maximum atomic E-state index is 13.0. The number of nitrogens with zero attached hydrogens (tertiary/aromatic N) is 2. The topological polar surface area (TPSA) is 111 Å². The number of carbonyl (C=O) groups is 4. The van der Waals surface area contributed by atoms with E-state index >= 15 is 0 Å². The minimum absolute atomic E-state index is 0.0584. The fourth-order valence-electron chi connectivity index (χ4n) is 4.83. The quantitative estimate of drug-likeness (QED) is 0.595. The molecule has 0 spiro atoms. The minimum Gasteiger partial charge on any atom is -0.352 e. The minimum atomic E-state index is -0.689. The molecule has 3 N–H and O–H groups in total. The van der Waals surface area contributed by atoms with Crippen molar-refractivity contribution in [2.45, 2.75) is 43.8 Å². The lowest BCUT2D eigenvalue weighted by atomic mass is 10.0. The largest absolute Gasteiger partial charge is 0.352 e. The van der Waals surface area contributed by atoms with Gasteiger partial charge >= 0.3 is 6.03 Å². The van der Waals surface area contributed by atoms with Crippen molar-refractivity contribution in [2.24, 2.45) is 0 Å². The number of rotatable bonds is 6. The van der Waals surface area contributed by atoms with E-state index in [9.17, 15) is 19.2 Å². The molecule has 182 valence electrons. The van der Waals surface area contributed by atoms with Gasteiger partial charge in [-0.05, 0) is 49.4 Å². The third-order valence-electron chi connectivity index (χ3n) is 6.78. The molecule has 5 amide bonds. The summed E-state index contributed by atoms with van der Waals surface area (Å²) in [6.07, 6.45) is 3.07. The molecule has 2 aromatic carbocycles. The number of carbonyl (C=O) groups excluding carboxylic acids is 4. The van der Waals surface area contributed by atoms with Crippen molar-refractivity contribution in [1.82, 2.24) is 20.4 Å². The predicted octanol–water partition coefficient (Wildman–Crippen LogP) is 2.27. The molecule has 1 atom stereocenters. The second-order valence-electron chi connectivity index (χ2n) is 9.28. The first-order valence-corrected chi connectivity index (χ1v) is 12.1. The molecule has 0 aromatic heterocycles. The summed E-state index contributed by atoms with van der Waals surface area (Å²) < 4.78 is 0. The van der Waals surface area contributed by atoms with Crippen LogP contribution in [0, 0.1) is 0 Å². The molecule has 2 fully saturated rings. The number of piperidine rings is 1. The summed E-state index contributed by atoms with van der Waals surface area (Å²) in [5.41, 5.74) is 2.01. The normalized spacial score (nSPS) is 19.8. The summed E-state index contributed by atoms with van der Waals surface area (Å²) in [4.78, 5) is 54.2. The Kier molecular flexibility index (Phi) is 6.39. The molecule has 1 aliphatic carbocycles. The zero-order chi connectivity index (χ0) is 24.4. The van der Waals surface area contributed by atoms with E-state index in [0.717, 1.165) is 18.5 Å². The van der Waals surface area contributed by atoms with Crippen molar-refractivity contribution >= 4 is 29.4 Å². The Bertz CT molecular complexity index is 1130.